The van der Waals surface area contributed by atoms with Gasteiger partial charge in [0, 0.05) is 12.1 Å². The van der Waals surface area contributed by atoms with E-state index in [1.54, 1.807) is 0 Å². The Morgan fingerprint density at radius 2 is 2.00 bits per heavy atom. The first-order valence-corrected chi connectivity index (χ1v) is 8.00. The largest absolute Gasteiger partial charge is 0.368 e. The van der Waals surface area contributed by atoms with Crippen LogP contribution >= 0.6 is 11.8 Å². The van der Waals surface area contributed by atoms with Crippen LogP contribution in [0.2, 0.25) is 0 Å². The molecular formula is C15H21N5OS. The highest BCUT2D eigenvalue weighted by molar-refractivity contribution is 7.99. The van der Waals surface area contributed by atoms with Gasteiger partial charge in [-0.2, -0.15) is 4.98 Å². The molecule has 1 aromatic carbocycles. The summed E-state index contributed by atoms with van der Waals surface area (Å²) in [6.07, 6.45) is 0. The van der Waals surface area contributed by atoms with E-state index >= 15 is 0 Å². The molecule has 1 amide bonds. The van der Waals surface area contributed by atoms with Crippen molar-refractivity contribution in [3.05, 3.63) is 35.9 Å². The molecular weight excluding hydrogens is 298 g/mol. The van der Waals surface area contributed by atoms with Crippen molar-refractivity contribution in [1.82, 2.24) is 20.1 Å². The number of hydrogen-bond donors (Lipinski definition) is 2. The number of carbonyl (C=O) groups is 1. The normalized spacial score (nSPS) is 11.4. The van der Waals surface area contributed by atoms with Crippen LogP contribution in [-0.2, 0) is 11.3 Å². The van der Waals surface area contributed by atoms with Gasteiger partial charge < -0.3 is 10.6 Å². The number of nitrogens with two attached hydrogens (primary N) is 1. The molecule has 0 spiro atoms. The summed E-state index contributed by atoms with van der Waals surface area (Å²) in [5, 5.41) is 6.97. The number of nitrogens with one attached hydrogen (secondary N) is 1. The number of thioether (sulfide) groups is 1. The summed E-state index contributed by atoms with van der Waals surface area (Å²) in [4.78, 5) is 18.4. The molecule has 6 nitrogen and oxygen atoms in total. The second kappa shape index (κ2) is 6.83. The zero-order valence-electron chi connectivity index (χ0n) is 13.0. The second-order valence-electron chi connectivity index (χ2n) is 5.93. The molecule has 7 heteroatoms. The number of rotatable bonds is 5. The molecule has 22 heavy (non-hydrogen) atoms. The number of aromatic amines is 1. The van der Waals surface area contributed by atoms with Crippen molar-refractivity contribution in [1.29, 1.82) is 0 Å². The topological polar surface area (TPSA) is 87.9 Å². The Hall–Kier alpha value is -2.02. The average Bonchev–Trinajstić information content (AvgIpc) is 2.88. The van der Waals surface area contributed by atoms with Crippen LogP contribution in [0.3, 0.4) is 0 Å². The minimum Gasteiger partial charge on any atom is -0.368 e. The molecule has 0 bridgehead atoms. The standard InChI is InChI=1S/C15H21N5OS/c1-15(2,3)20(9-11-7-5-4-6-8-11)12(21)10-22-14-17-13(16)18-19-14/h4-8H,9-10H2,1-3H3,(H3,16,17,18,19). The maximum absolute atomic E-state index is 12.6. The van der Waals surface area contributed by atoms with Crippen molar-refractivity contribution in [3.63, 3.8) is 0 Å². The summed E-state index contributed by atoms with van der Waals surface area (Å²) >= 11 is 1.28. The highest BCUT2D eigenvalue weighted by Crippen LogP contribution is 2.21. The Morgan fingerprint density at radius 3 is 2.55 bits per heavy atom. The summed E-state index contributed by atoms with van der Waals surface area (Å²) in [6.45, 7) is 6.68. The van der Waals surface area contributed by atoms with Crippen LogP contribution in [0.25, 0.3) is 0 Å². The fraction of sp³-hybridized carbons (Fsp3) is 0.400. The first-order chi connectivity index (χ1) is 10.4. The first-order valence-electron chi connectivity index (χ1n) is 7.01. The Labute approximate surface area is 134 Å². The van der Waals surface area contributed by atoms with Gasteiger partial charge in [0.05, 0.1) is 5.75 Å². The van der Waals surface area contributed by atoms with E-state index in [1.807, 2.05) is 56.0 Å². The molecule has 0 aliphatic carbocycles. The molecule has 0 aliphatic rings. The van der Waals surface area contributed by atoms with Crippen molar-refractivity contribution in [2.24, 2.45) is 0 Å². The zero-order chi connectivity index (χ0) is 16.2. The molecule has 0 unspecified atom stereocenters. The third kappa shape index (κ3) is 4.49. The number of H-pyrrole nitrogens is 1. The smallest absolute Gasteiger partial charge is 0.233 e. The van der Waals surface area contributed by atoms with E-state index in [2.05, 4.69) is 15.2 Å². The van der Waals surface area contributed by atoms with Gasteiger partial charge in [0.2, 0.25) is 17.0 Å². The molecule has 3 N–H and O–H groups in total. The van der Waals surface area contributed by atoms with E-state index in [0.717, 1.165) is 5.56 Å². The van der Waals surface area contributed by atoms with Gasteiger partial charge in [-0.05, 0) is 26.3 Å². The van der Waals surface area contributed by atoms with Crippen LogP contribution in [0.4, 0.5) is 5.95 Å². The van der Waals surface area contributed by atoms with Crippen molar-refractivity contribution in [2.75, 3.05) is 11.5 Å². The number of amides is 1. The van der Waals surface area contributed by atoms with Gasteiger partial charge in [0.1, 0.15) is 0 Å². The van der Waals surface area contributed by atoms with Gasteiger partial charge >= 0.3 is 0 Å². The van der Waals surface area contributed by atoms with Crippen molar-refractivity contribution in [2.45, 2.75) is 38.0 Å². The van der Waals surface area contributed by atoms with Gasteiger partial charge in [-0.15, -0.1) is 5.10 Å². The fourth-order valence-corrected chi connectivity index (χ4v) is 2.67. The molecule has 2 aromatic rings. The maximum Gasteiger partial charge on any atom is 0.233 e. The third-order valence-electron chi connectivity index (χ3n) is 3.10. The quantitative estimate of drug-likeness (QED) is 0.826. The minimum absolute atomic E-state index is 0.0460. The second-order valence-corrected chi connectivity index (χ2v) is 6.87. The lowest BCUT2D eigenvalue weighted by Gasteiger charge is -2.35. The molecule has 1 heterocycles. The molecule has 0 atom stereocenters. The van der Waals surface area contributed by atoms with E-state index in [4.69, 9.17) is 5.73 Å². The predicted molar refractivity (Wildman–Crippen MR) is 88.3 cm³/mol. The lowest BCUT2D eigenvalue weighted by atomic mass is 10.0. The molecule has 0 radical (unpaired) electrons. The van der Waals surface area contributed by atoms with Gasteiger partial charge in [-0.25, -0.2) is 5.10 Å². The molecule has 0 saturated heterocycles. The maximum atomic E-state index is 12.6. The number of benzene rings is 1. The zero-order valence-corrected chi connectivity index (χ0v) is 13.9. The highest BCUT2D eigenvalue weighted by Gasteiger charge is 2.26. The fourth-order valence-electron chi connectivity index (χ4n) is 1.99. The van der Waals surface area contributed by atoms with E-state index in [1.165, 1.54) is 11.8 Å². The Balaban J connectivity index is 2.03. The van der Waals surface area contributed by atoms with E-state index in [0.29, 0.717) is 11.7 Å². The van der Waals surface area contributed by atoms with Gasteiger partial charge in [-0.3, -0.25) is 4.79 Å². The average molecular weight is 319 g/mol. The van der Waals surface area contributed by atoms with Gasteiger partial charge in [-0.1, -0.05) is 42.1 Å². The van der Waals surface area contributed by atoms with Crippen LogP contribution in [0.5, 0.6) is 0 Å². The third-order valence-corrected chi connectivity index (χ3v) is 3.93. The summed E-state index contributed by atoms with van der Waals surface area (Å²) in [6, 6.07) is 9.97. The Morgan fingerprint density at radius 1 is 1.32 bits per heavy atom. The molecule has 0 fully saturated rings. The number of nitrogens with zero attached hydrogens (tertiary/aromatic N) is 3. The minimum atomic E-state index is -0.258. The van der Waals surface area contributed by atoms with Crippen LogP contribution in [0.15, 0.2) is 35.5 Å². The molecule has 2 rings (SSSR count). The number of aromatic nitrogens is 3. The lowest BCUT2D eigenvalue weighted by Crippen LogP contribution is -2.45. The van der Waals surface area contributed by atoms with Crippen LogP contribution in [-0.4, -0.2) is 37.3 Å². The van der Waals surface area contributed by atoms with Crippen molar-refractivity contribution >= 4 is 23.6 Å². The van der Waals surface area contributed by atoms with Crippen molar-refractivity contribution < 1.29 is 4.79 Å². The summed E-state index contributed by atoms with van der Waals surface area (Å²) in [5.41, 5.74) is 6.33. The predicted octanol–water partition coefficient (Wildman–Crippen LogP) is 2.31. The Bertz CT molecular complexity index is 620. The summed E-state index contributed by atoms with van der Waals surface area (Å²) in [7, 11) is 0. The monoisotopic (exact) mass is 319 g/mol. The molecule has 118 valence electrons. The summed E-state index contributed by atoms with van der Waals surface area (Å²) < 4.78 is 0. The molecule has 0 aliphatic heterocycles. The first kappa shape index (κ1) is 16.4. The van der Waals surface area contributed by atoms with Crippen LogP contribution in [0.1, 0.15) is 26.3 Å². The van der Waals surface area contributed by atoms with Crippen LogP contribution < -0.4 is 5.73 Å². The van der Waals surface area contributed by atoms with E-state index in [9.17, 15) is 4.79 Å². The molecule has 1 aromatic heterocycles. The van der Waals surface area contributed by atoms with E-state index in [-0.39, 0.29) is 23.1 Å². The highest BCUT2D eigenvalue weighted by atomic mass is 32.2. The number of anilines is 1. The van der Waals surface area contributed by atoms with Crippen molar-refractivity contribution in [3.8, 4) is 0 Å². The van der Waals surface area contributed by atoms with E-state index < -0.39 is 0 Å². The number of nitrogen functional groups attached to an aromatic ring is 1. The lowest BCUT2D eigenvalue weighted by molar-refractivity contribution is -0.133. The van der Waals surface area contributed by atoms with Crippen LogP contribution in [0, 0.1) is 0 Å². The SMILES string of the molecule is CC(C)(C)N(Cc1ccccc1)C(=O)CSc1n[nH]c(N)n1. The number of hydrogen-bond acceptors (Lipinski definition) is 5. The summed E-state index contributed by atoms with van der Waals surface area (Å²) in [5.74, 6) is 0.582. The Kier molecular flexibility index (Phi) is 5.07. The number of carbonyl (C=O) groups excluding carboxylic acids is 1. The molecule has 0 saturated carbocycles. The van der Waals surface area contributed by atoms with Gasteiger partial charge in [0.25, 0.3) is 0 Å². The van der Waals surface area contributed by atoms with Gasteiger partial charge in [0.15, 0.2) is 0 Å².